The van der Waals surface area contributed by atoms with Gasteiger partial charge in [0.25, 0.3) is 0 Å². The van der Waals surface area contributed by atoms with Crippen molar-refractivity contribution in [2.75, 3.05) is 19.0 Å². The number of nitrogens with zero attached hydrogens (tertiary/aromatic N) is 1. The molecule has 23 heavy (non-hydrogen) atoms. The number of hydrogen-bond donors (Lipinski definition) is 2. The van der Waals surface area contributed by atoms with E-state index in [2.05, 4.69) is 15.3 Å². The average Bonchev–Trinajstić information content (AvgIpc) is 2.96. The molecule has 0 aliphatic carbocycles. The summed E-state index contributed by atoms with van der Waals surface area (Å²) in [6.45, 7) is 2.14. The van der Waals surface area contributed by atoms with E-state index in [4.69, 9.17) is 9.47 Å². The van der Waals surface area contributed by atoms with Crippen LogP contribution in [0.3, 0.4) is 0 Å². The fourth-order valence-corrected chi connectivity index (χ4v) is 2.22. The Labute approximate surface area is 133 Å². The number of aromatic amines is 1. The number of hydrogen-bond acceptors (Lipinski definition) is 5. The van der Waals surface area contributed by atoms with Gasteiger partial charge in [-0.05, 0) is 43.3 Å². The minimum Gasteiger partial charge on any atom is -0.497 e. The van der Waals surface area contributed by atoms with Crippen LogP contribution in [0.2, 0.25) is 0 Å². The second-order valence-corrected chi connectivity index (χ2v) is 4.89. The van der Waals surface area contributed by atoms with Crippen LogP contribution in [-0.2, 0) is 4.74 Å². The predicted molar refractivity (Wildman–Crippen MR) is 88.3 cm³/mol. The van der Waals surface area contributed by atoms with Gasteiger partial charge in [0, 0.05) is 11.8 Å². The molecule has 0 fully saturated rings. The summed E-state index contributed by atoms with van der Waals surface area (Å²) in [5, 5.41) is 3.17. The van der Waals surface area contributed by atoms with Gasteiger partial charge in [0.15, 0.2) is 0 Å². The molecule has 0 saturated carbocycles. The van der Waals surface area contributed by atoms with Crippen molar-refractivity contribution in [3.63, 3.8) is 0 Å². The first kappa shape index (κ1) is 14.9. The minimum absolute atomic E-state index is 0.324. The molecule has 0 bridgehead atoms. The highest BCUT2D eigenvalue weighted by atomic mass is 16.5. The van der Waals surface area contributed by atoms with Crippen molar-refractivity contribution in [1.29, 1.82) is 0 Å². The molecule has 0 aliphatic heterocycles. The number of carbonyl (C=O) groups is 1. The molecule has 2 N–H and O–H groups in total. The van der Waals surface area contributed by atoms with Crippen LogP contribution in [-0.4, -0.2) is 29.7 Å². The minimum atomic E-state index is -0.324. The molecule has 0 amide bonds. The van der Waals surface area contributed by atoms with Gasteiger partial charge in [-0.1, -0.05) is 0 Å². The molecule has 2 aromatic carbocycles. The highest BCUT2D eigenvalue weighted by Crippen LogP contribution is 2.22. The highest BCUT2D eigenvalue weighted by molar-refractivity contribution is 5.90. The molecule has 0 spiro atoms. The molecule has 118 valence electrons. The topological polar surface area (TPSA) is 76.2 Å². The monoisotopic (exact) mass is 311 g/mol. The van der Waals surface area contributed by atoms with Crippen LogP contribution >= 0.6 is 0 Å². The van der Waals surface area contributed by atoms with Crippen LogP contribution in [0.15, 0.2) is 42.5 Å². The number of fused-ring (bicyclic) bond motifs is 1. The summed E-state index contributed by atoms with van der Waals surface area (Å²) in [7, 11) is 1.63. The molecule has 1 heterocycles. The maximum atomic E-state index is 11.6. The van der Waals surface area contributed by atoms with Crippen LogP contribution in [0.25, 0.3) is 11.0 Å². The molecule has 3 rings (SSSR count). The Balaban J connectivity index is 1.77. The first-order valence-corrected chi connectivity index (χ1v) is 7.27. The van der Waals surface area contributed by atoms with Gasteiger partial charge in [0.1, 0.15) is 5.75 Å². The molecular formula is C17H17N3O3. The molecule has 0 atom stereocenters. The van der Waals surface area contributed by atoms with Crippen molar-refractivity contribution in [3.8, 4) is 5.75 Å². The van der Waals surface area contributed by atoms with Crippen molar-refractivity contribution < 1.29 is 14.3 Å². The Kier molecular flexibility index (Phi) is 4.14. The summed E-state index contributed by atoms with van der Waals surface area (Å²) in [5.41, 5.74) is 3.07. The lowest BCUT2D eigenvalue weighted by Crippen LogP contribution is -2.04. The van der Waals surface area contributed by atoms with Crippen molar-refractivity contribution in [1.82, 2.24) is 9.97 Å². The number of aromatic nitrogens is 2. The Bertz CT molecular complexity index is 825. The van der Waals surface area contributed by atoms with Gasteiger partial charge < -0.3 is 19.8 Å². The third-order valence-electron chi connectivity index (χ3n) is 3.35. The van der Waals surface area contributed by atoms with Crippen LogP contribution in [0, 0.1) is 0 Å². The molecule has 0 radical (unpaired) electrons. The van der Waals surface area contributed by atoms with E-state index in [0.29, 0.717) is 18.1 Å². The van der Waals surface area contributed by atoms with Crippen LogP contribution in [0.5, 0.6) is 5.75 Å². The Morgan fingerprint density at radius 2 is 2.00 bits per heavy atom. The SMILES string of the molecule is CCOC(=O)c1ccc(Nc2nc3ccc(OC)cc3[nH]2)cc1. The Hall–Kier alpha value is -3.02. The number of carbonyl (C=O) groups excluding carboxylic acids is 1. The number of ether oxygens (including phenoxy) is 2. The first-order valence-electron chi connectivity index (χ1n) is 7.27. The van der Waals surface area contributed by atoms with E-state index in [1.807, 2.05) is 18.2 Å². The van der Waals surface area contributed by atoms with E-state index in [1.54, 1.807) is 38.3 Å². The van der Waals surface area contributed by atoms with Gasteiger partial charge >= 0.3 is 5.97 Å². The van der Waals surface area contributed by atoms with Gasteiger partial charge in [-0.2, -0.15) is 0 Å². The quantitative estimate of drug-likeness (QED) is 0.705. The van der Waals surface area contributed by atoms with Gasteiger partial charge in [-0.25, -0.2) is 9.78 Å². The molecule has 3 aromatic rings. The third-order valence-corrected chi connectivity index (χ3v) is 3.35. The van der Waals surface area contributed by atoms with Gasteiger partial charge in [-0.3, -0.25) is 0 Å². The standard InChI is InChI=1S/C17H17N3O3/c1-3-23-16(21)11-4-6-12(7-5-11)18-17-19-14-9-8-13(22-2)10-15(14)20-17/h4-10H,3H2,1-2H3,(H2,18,19,20). The van der Waals surface area contributed by atoms with E-state index in [9.17, 15) is 4.79 Å². The second kappa shape index (κ2) is 6.39. The Morgan fingerprint density at radius 3 is 2.70 bits per heavy atom. The number of methoxy groups -OCH3 is 1. The lowest BCUT2D eigenvalue weighted by atomic mass is 10.2. The van der Waals surface area contributed by atoms with Gasteiger partial charge in [-0.15, -0.1) is 0 Å². The fourth-order valence-electron chi connectivity index (χ4n) is 2.22. The Morgan fingerprint density at radius 1 is 1.22 bits per heavy atom. The molecule has 6 heteroatoms. The number of anilines is 2. The largest absolute Gasteiger partial charge is 0.497 e. The van der Waals surface area contributed by atoms with E-state index in [0.717, 1.165) is 22.5 Å². The van der Waals surface area contributed by atoms with E-state index in [-0.39, 0.29) is 5.97 Å². The van der Waals surface area contributed by atoms with Crippen molar-refractivity contribution in [3.05, 3.63) is 48.0 Å². The molecule has 1 aromatic heterocycles. The van der Waals surface area contributed by atoms with Crippen LogP contribution in [0.4, 0.5) is 11.6 Å². The highest BCUT2D eigenvalue weighted by Gasteiger charge is 2.07. The van der Waals surface area contributed by atoms with E-state index >= 15 is 0 Å². The number of H-pyrrole nitrogens is 1. The number of imidazole rings is 1. The molecule has 0 aliphatic rings. The predicted octanol–water partition coefficient (Wildman–Crippen LogP) is 3.49. The lowest BCUT2D eigenvalue weighted by Gasteiger charge is -2.04. The van der Waals surface area contributed by atoms with Crippen LogP contribution < -0.4 is 10.1 Å². The number of benzene rings is 2. The first-order chi connectivity index (χ1) is 11.2. The third kappa shape index (κ3) is 3.26. The van der Waals surface area contributed by atoms with Crippen LogP contribution in [0.1, 0.15) is 17.3 Å². The van der Waals surface area contributed by atoms with Gasteiger partial charge in [0.05, 0.1) is 30.3 Å². The second-order valence-electron chi connectivity index (χ2n) is 4.89. The normalized spacial score (nSPS) is 10.5. The maximum Gasteiger partial charge on any atom is 0.338 e. The van der Waals surface area contributed by atoms with E-state index < -0.39 is 0 Å². The summed E-state index contributed by atoms with van der Waals surface area (Å²) in [6.07, 6.45) is 0. The average molecular weight is 311 g/mol. The number of nitrogens with one attached hydrogen (secondary N) is 2. The summed E-state index contributed by atoms with van der Waals surface area (Å²) >= 11 is 0. The van der Waals surface area contributed by atoms with Crippen molar-refractivity contribution in [2.45, 2.75) is 6.92 Å². The van der Waals surface area contributed by atoms with Crippen molar-refractivity contribution >= 4 is 28.6 Å². The summed E-state index contributed by atoms with van der Waals surface area (Å²) in [6, 6.07) is 12.7. The molecular weight excluding hydrogens is 294 g/mol. The number of rotatable bonds is 5. The zero-order valence-electron chi connectivity index (χ0n) is 12.9. The van der Waals surface area contributed by atoms with Gasteiger partial charge in [0.2, 0.25) is 5.95 Å². The summed E-state index contributed by atoms with van der Waals surface area (Å²) in [5.74, 6) is 1.07. The smallest absolute Gasteiger partial charge is 0.338 e. The van der Waals surface area contributed by atoms with E-state index in [1.165, 1.54) is 0 Å². The zero-order valence-corrected chi connectivity index (χ0v) is 12.9. The molecule has 0 unspecified atom stereocenters. The summed E-state index contributed by atoms with van der Waals surface area (Å²) in [4.78, 5) is 19.3. The molecule has 0 saturated heterocycles. The zero-order chi connectivity index (χ0) is 16.2. The fraction of sp³-hybridized carbons (Fsp3) is 0.176. The molecule has 6 nitrogen and oxygen atoms in total. The number of esters is 1. The van der Waals surface area contributed by atoms with Crippen molar-refractivity contribution in [2.24, 2.45) is 0 Å². The summed E-state index contributed by atoms with van der Waals surface area (Å²) < 4.78 is 10.2. The maximum absolute atomic E-state index is 11.6. The lowest BCUT2D eigenvalue weighted by molar-refractivity contribution is 0.0526.